The first-order valence-electron chi connectivity index (χ1n) is 6.77. The van der Waals surface area contributed by atoms with Gasteiger partial charge >= 0.3 is 5.97 Å². The Morgan fingerprint density at radius 3 is 2.95 bits per heavy atom. The lowest BCUT2D eigenvalue weighted by molar-refractivity contribution is -0.148. The largest absolute Gasteiger partial charge is 0.497 e. The van der Waals surface area contributed by atoms with Crippen LogP contribution >= 0.6 is 0 Å². The van der Waals surface area contributed by atoms with Crippen molar-refractivity contribution in [2.24, 2.45) is 0 Å². The number of hydrogen-bond donors (Lipinski definition) is 1. The van der Waals surface area contributed by atoms with Crippen molar-refractivity contribution in [2.75, 3.05) is 13.7 Å². The molecule has 0 spiro atoms. The van der Waals surface area contributed by atoms with Crippen LogP contribution in [-0.4, -0.2) is 41.6 Å². The number of carbonyl (C=O) groups excluding carboxylic acids is 1. The van der Waals surface area contributed by atoms with Crippen LogP contribution in [0, 0.1) is 0 Å². The lowest BCUT2D eigenvalue weighted by Crippen LogP contribution is -2.40. The lowest BCUT2D eigenvalue weighted by atomic mass is 10.1. The molecule has 1 aliphatic rings. The highest BCUT2D eigenvalue weighted by Gasteiger charge is 2.33. The van der Waals surface area contributed by atoms with E-state index < -0.39 is 12.0 Å². The quantitative estimate of drug-likeness (QED) is 0.889. The number of nitrogens with zero attached hydrogens (tertiary/aromatic N) is 1. The fraction of sp³-hybridized carbons (Fsp3) is 0.467. The molecule has 0 aromatic heterocycles. The van der Waals surface area contributed by atoms with Gasteiger partial charge in [0, 0.05) is 13.0 Å². The maximum Gasteiger partial charge on any atom is 0.326 e. The molecule has 1 fully saturated rings. The summed E-state index contributed by atoms with van der Waals surface area (Å²) in [6.07, 6.45) is 2.25. The molecule has 0 radical (unpaired) electrons. The highest BCUT2D eigenvalue weighted by molar-refractivity contribution is 5.84. The molecular weight excluding hydrogens is 258 g/mol. The Labute approximate surface area is 118 Å². The number of rotatable bonds is 5. The lowest BCUT2D eigenvalue weighted by Gasteiger charge is -2.21. The summed E-state index contributed by atoms with van der Waals surface area (Å²) in [7, 11) is 1.60. The van der Waals surface area contributed by atoms with E-state index in [-0.39, 0.29) is 5.91 Å². The third-order valence-electron chi connectivity index (χ3n) is 3.62. The van der Waals surface area contributed by atoms with Crippen LogP contribution in [0.4, 0.5) is 0 Å². The predicted octanol–water partition coefficient (Wildman–Crippen LogP) is 1.70. The maximum atomic E-state index is 12.1. The third-order valence-corrected chi connectivity index (χ3v) is 3.62. The summed E-state index contributed by atoms with van der Waals surface area (Å²) in [5.74, 6) is -0.227. The molecule has 1 atom stereocenters. The number of carboxylic acids is 1. The number of likely N-dealkylation sites (tertiary alicyclic amines) is 1. The normalized spacial score (nSPS) is 18.1. The first kappa shape index (κ1) is 14.4. The van der Waals surface area contributed by atoms with Crippen molar-refractivity contribution in [1.82, 2.24) is 4.90 Å². The number of ether oxygens (including phenoxy) is 1. The molecule has 1 aromatic rings. The topological polar surface area (TPSA) is 66.8 Å². The first-order valence-corrected chi connectivity index (χ1v) is 6.77. The Bertz CT molecular complexity index is 500. The molecule has 0 saturated carbocycles. The number of carbonyl (C=O) groups is 2. The van der Waals surface area contributed by atoms with Gasteiger partial charge in [0.25, 0.3) is 0 Å². The molecule has 0 unspecified atom stereocenters. The monoisotopic (exact) mass is 277 g/mol. The van der Waals surface area contributed by atoms with Crippen molar-refractivity contribution in [3.63, 3.8) is 0 Å². The summed E-state index contributed by atoms with van der Waals surface area (Å²) in [4.78, 5) is 24.7. The second-order valence-electron chi connectivity index (χ2n) is 4.93. The second-order valence-corrected chi connectivity index (χ2v) is 4.93. The van der Waals surface area contributed by atoms with E-state index in [2.05, 4.69) is 0 Å². The van der Waals surface area contributed by atoms with Gasteiger partial charge in [0.1, 0.15) is 11.8 Å². The Kier molecular flexibility index (Phi) is 4.61. The van der Waals surface area contributed by atoms with Crippen molar-refractivity contribution < 1.29 is 19.4 Å². The van der Waals surface area contributed by atoms with E-state index in [0.29, 0.717) is 25.8 Å². The van der Waals surface area contributed by atoms with Gasteiger partial charge in [0.2, 0.25) is 5.91 Å². The molecule has 20 heavy (non-hydrogen) atoms. The zero-order valence-corrected chi connectivity index (χ0v) is 11.5. The summed E-state index contributed by atoms with van der Waals surface area (Å²) in [6, 6.07) is 6.93. The SMILES string of the molecule is COc1cccc(CCC(=O)N2CCC[C@@H]2C(=O)O)c1. The molecule has 1 aromatic carbocycles. The van der Waals surface area contributed by atoms with E-state index in [9.17, 15) is 9.59 Å². The maximum absolute atomic E-state index is 12.1. The minimum atomic E-state index is -0.905. The number of benzene rings is 1. The van der Waals surface area contributed by atoms with Crippen molar-refractivity contribution in [1.29, 1.82) is 0 Å². The Balaban J connectivity index is 1.93. The predicted molar refractivity (Wildman–Crippen MR) is 73.7 cm³/mol. The molecule has 108 valence electrons. The fourth-order valence-electron chi connectivity index (χ4n) is 2.54. The van der Waals surface area contributed by atoms with Gasteiger partial charge in [-0.1, -0.05) is 12.1 Å². The van der Waals surface area contributed by atoms with E-state index >= 15 is 0 Å². The minimum Gasteiger partial charge on any atom is -0.497 e. The Morgan fingerprint density at radius 2 is 2.25 bits per heavy atom. The van der Waals surface area contributed by atoms with Crippen LogP contribution in [0.2, 0.25) is 0 Å². The number of hydrogen-bond acceptors (Lipinski definition) is 3. The molecule has 1 saturated heterocycles. The number of amides is 1. The average molecular weight is 277 g/mol. The smallest absolute Gasteiger partial charge is 0.326 e. The number of methoxy groups -OCH3 is 1. The van der Waals surface area contributed by atoms with Crippen LogP contribution in [-0.2, 0) is 16.0 Å². The van der Waals surface area contributed by atoms with E-state index in [1.165, 1.54) is 4.90 Å². The first-order chi connectivity index (χ1) is 9.61. The minimum absolute atomic E-state index is 0.0854. The van der Waals surface area contributed by atoms with Crippen LogP contribution in [0.15, 0.2) is 24.3 Å². The average Bonchev–Trinajstić information content (AvgIpc) is 2.94. The van der Waals surface area contributed by atoms with E-state index in [0.717, 1.165) is 17.7 Å². The van der Waals surface area contributed by atoms with Crippen LogP contribution in [0.1, 0.15) is 24.8 Å². The molecule has 2 rings (SSSR count). The molecule has 1 N–H and O–H groups in total. The van der Waals surface area contributed by atoms with Gasteiger partial charge in [-0.15, -0.1) is 0 Å². The second kappa shape index (κ2) is 6.41. The van der Waals surface area contributed by atoms with E-state index in [1.807, 2.05) is 24.3 Å². The van der Waals surface area contributed by atoms with Gasteiger partial charge in [-0.25, -0.2) is 4.79 Å². The van der Waals surface area contributed by atoms with Gasteiger partial charge in [-0.2, -0.15) is 0 Å². The van der Waals surface area contributed by atoms with Crippen molar-refractivity contribution >= 4 is 11.9 Å². The van der Waals surface area contributed by atoms with E-state index in [4.69, 9.17) is 9.84 Å². The van der Waals surface area contributed by atoms with Gasteiger partial charge < -0.3 is 14.7 Å². The molecule has 0 aliphatic carbocycles. The van der Waals surface area contributed by atoms with Crippen molar-refractivity contribution in [3.8, 4) is 5.75 Å². The molecular formula is C15H19NO4. The summed E-state index contributed by atoms with van der Waals surface area (Å²) in [5.41, 5.74) is 1.02. The van der Waals surface area contributed by atoms with Crippen LogP contribution < -0.4 is 4.74 Å². The van der Waals surface area contributed by atoms with Crippen LogP contribution in [0.25, 0.3) is 0 Å². The van der Waals surface area contributed by atoms with Crippen LogP contribution in [0.5, 0.6) is 5.75 Å². The standard InChI is InChI=1S/C15H19NO4/c1-20-12-5-2-4-11(10-12)7-8-14(17)16-9-3-6-13(16)15(18)19/h2,4-5,10,13H,3,6-9H2,1H3,(H,18,19)/t13-/m1/s1. The van der Waals surface area contributed by atoms with Gasteiger partial charge in [0.15, 0.2) is 0 Å². The van der Waals surface area contributed by atoms with Crippen molar-refractivity contribution in [2.45, 2.75) is 31.7 Å². The zero-order chi connectivity index (χ0) is 14.5. The molecule has 1 aliphatic heterocycles. The Morgan fingerprint density at radius 1 is 1.45 bits per heavy atom. The third kappa shape index (κ3) is 3.29. The van der Waals surface area contributed by atoms with Crippen molar-refractivity contribution in [3.05, 3.63) is 29.8 Å². The fourth-order valence-corrected chi connectivity index (χ4v) is 2.54. The highest BCUT2D eigenvalue weighted by Crippen LogP contribution is 2.20. The van der Waals surface area contributed by atoms with Gasteiger partial charge in [-0.05, 0) is 37.0 Å². The summed E-state index contributed by atoms with van der Waals surface area (Å²) < 4.78 is 5.14. The molecule has 5 nitrogen and oxygen atoms in total. The molecule has 0 bridgehead atoms. The number of aliphatic carboxylic acids is 1. The number of aryl methyl sites for hydroxylation is 1. The van der Waals surface area contributed by atoms with Gasteiger partial charge in [-0.3, -0.25) is 4.79 Å². The highest BCUT2D eigenvalue weighted by atomic mass is 16.5. The molecule has 1 heterocycles. The number of carboxylic acid groups (broad SMARTS) is 1. The Hall–Kier alpha value is -2.04. The summed E-state index contributed by atoms with van der Waals surface area (Å²) in [6.45, 7) is 0.550. The van der Waals surface area contributed by atoms with Crippen LogP contribution in [0.3, 0.4) is 0 Å². The summed E-state index contributed by atoms with van der Waals surface area (Å²) in [5, 5.41) is 9.08. The summed E-state index contributed by atoms with van der Waals surface area (Å²) >= 11 is 0. The zero-order valence-electron chi connectivity index (χ0n) is 11.5. The van der Waals surface area contributed by atoms with E-state index in [1.54, 1.807) is 7.11 Å². The van der Waals surface area contributed by atoms with Gasteiger partial charge in [0.05, 0.1) is 7.11 Å². The molecule has 1 amide bonds. The molecule has 5 heteroatoms.